The Morgan fingerprint density at radius 3 is 2.79 bits per heavy atom. The zero-order chi connectivity index (χ0) is 26.5. The first-order valence-corrected chi connectivity index (χ1v) is 13.8. The number of cyclic esters (lactones) is 1. The highest BCUT2D eigenvalue weighted by Crippen LogP contribution is 2.52. The molecule has 1 aromatic carbocycles. The monoisotopic (exact) mass is 544 g/mol. The summed E-state index contributed by atoms with van der Waals surface area (Å²) in [5.74, 6) is -0.515. The normalized spacial score (nSPS) is 27.2. The lowest BCUT2D eigenvalue weighted by Crippen LogP contribution is -2.43. The maximum atomic E-state index is 15.1. The molecule has 1 amide bonds. The quantitative estimate of drug-likeness (QED) is 0.425. The Kier molecular flexibility index (Phi) is 6.06. The van der Waals surface area contributed by atoms with Crippen LogP contribution in [0.15, 0.2) is 54.1 Å². The van der Waals surface area contributed by atoms with E-state index in [4.69, 9.17) is 9.57 Å². The first kappa shape index (κ1) is 24.7. The molecule has 3 aromatic rings. The second-order valence-electron chi connectivity index (χ2n) is 9.68. The molecular weight excluding hydrogens is 519 g/mol. The van der Waals surface area contributed by atoms with Gasteiger partial charge in [-0.05, 0) is 30.7 Å². The zero-order valence-electron chi connectivity index (χ0n) is 20.1. The van der Waals surface area contributed by atoms with Crippen molar-refractivity contribution in [1.82, 2.24) is 20.0 Å². The van der Waals surface area contributed by atoms with Crippen molar-refractivity contribution in [3.05, 3.63) is 60.4 Å². The number of pyridine rings is 1. The molecule has 0 spiro atoms. The average molecular weight is 545 g/mol. The number of hydrogen-bond donors (Lipinski definition) is 3. The van der Waals surface area contributed by atoms with Crippen molar-refractivity contribution in [2.75, 3.05) is 23.0 Å². The van der Waals surface area contributed by atoms with Gasteiger partial charge in [0.1, 0.15) is 23.2 Å². The fraction of sp³-hybridized carbons (Fsp3) is 0.375. The Balaban J connectivity index is 1.12. The van der Waals surface area contributed by atoms with Gasteiger partial charge in [-0.2, -0.15) is 10.6 Å². The van der Waals surface area contributed by atoms with Crippen LogP contribution in [0.2, 0.25) is 0 Å². The fourth-order valence-corrected chi connectivity index (χ4v) is 6.91. The van der Waals surface area contributed by atoms with Gasteiger partial charge in [0.25, 0.3) is 0 Å². The van der Waals surface area contributed by atoms with Crippen LogP contribution in [0, 0.1) is 5.82 Å². The lowest BCUT2D eigenvalue weighted by atomic mass is 9.92. The van der Waals surface area contributed by atoms with Crippen molar-refractivity contribution in [1.29, 1.82) is 0 Å². The minimum atomic E-state index is -2.81. The van der Waals surface area contributed by atoms with Gasteiger partial charge in [-0.25, -0.2) is 13.9 Å². The number of amides is 1. The van der Waals surface area contributed by atoms with Gasteiger partial charge in [0.2, 0.25) is 0 Å². The first-order chi connectivity index (χ1) is 18.2. The van der Waals surface area contributed by atoms with Crippen LogP contribution in [-0.4, -0.2) is 81.9 Å². The molecule has 0 aliphatic carbocycles. The number of carbonyl (C=O) groups excluding carboxylic acids is 1. The van der Waals surface area contributed by atoms with Crippen molar-refractivity contribution in [3.63, 3.8) is 0 Å². The summed E-state index contributed by atoms with van der Waals surface area (Å²) >= 11 is 0. The molecule has 2 aromatic heterocycles. The number of aromatic nitrogens is 4. The van der Waals surface area contributed by atoms with Crippen molar-refractivity contribution in [2.24, 2.45) is 5.16 Å². The van der Waals surface area contributed by atoms with Crippen molar-refractivity contribution < 1.29 is 33.0 Å². The molecule has 0 saturated carbocycles. The van der Waals surface area contributed by atoms with Crippen LogP contribution in [0.5, 0.6) is 0 Å². The third kappa shape index (κ3) is 4.71. The molecule has 6 rings (SSSR count). The minimum Gasteiger partial charge on any atom is -0.442 e. The third-order valence-electron chi connectivity index (χ3n) is 6.98. The van der Waals surface area contributed by atoms with E-state index < -0.39 is 40.3 Å². The molecule has 2 fully saturated rings. The smallest absolute Gasteiger partial charge is 0.414 e. The molecule has 3 atom stereocenters. The summed E-state index contributed by atoms with van der Waals surface area (Å²) in [6.45, 7) is 0.606. The van der Waals surface area contributed by atoms with E-state index in [2.05, 4.69) is 20.5 Å². The maximum Gasteiger partial charge on any atom is 0.414 e. The van der Waals surface area contributed by atoms with E-state index in [1.54, 1.807) is 35.1 Å². The number of oxime groups is 1. The van der Waals surface area contributed by atoms with E-state index in [0.29, 0.717) is 34.8 Å². The van der Waals surface area contributed by atoms with Gasteiger partial charge in [-0.15, -0.1) is 5.10 Å². The largest absolute Gasteiger partial charge is 0.442 e. The van der Waals surface area contributed by atoms with Crippen LogP contribution in [0.4, 0.5) is 14.9 Å². The molecule has 12 nitrogen and oxygen atoms in total. The molecule has 2 unspecified atom stereocenters. The number of anilines is 1. The number of aliphatic hydroxyl groups is 1. The summed E-state index contributed by atoms with van der Waals surface area (Å²) in [5.41, 5.74) is 0.902. The zero-order valence-corrected chi connectivity index (χ0v) is 20.9. The Morgan fingerprint density at radius 1 is 1.24 bits per heavy atom. The average Bonchev–Trinajstić information content (AvgIpc) is 3.68. The second-order valence-corrected chi connectivity index (χ2v) is 12.0. The van der Waals surface area contributed by atoms with Gasteiger partial charge in [0.15, 0.2) is 6.10 Å². The lowest BCUT2D eigenvalue weighted by molar-refractivity contribution is -0.0788. The lowest BCUT2D eigenvalue weighted by Gasteiger charge is -2.31. The Morgan fingerprint density at radius 2 is 2.11 bits per heavy atom. The van der Waals surface area contributed by atoms with E-state index >= 15 is 4.39 Å². The highest BCUT2D eigenvalue weighted by Gasteiger charge is 2.50. The number of nitrogens with zero attached hydrogens (tertiary/aromatic N) is 6. The van der Waals surface area contributed by atoms with Gasteiger partial charge in [-0.3, -0.25) is 19.0 Å². The maximum absolute atomic E-state index is 15.1. The number of carbonyl (C=O) groups is 1. The van der Waals surface area contributed by atoms with Crippen LogP contribution in [0.1, 0.15) is 18.5 Å². The Hall–Kier alpha value is -3.59. The van der Waals surface area contributed by atoms with E-state index in [9.17, 15) is 19.0 Å². The van der Waals surface area contributed by atoms with Crippen molar-refractivity contribution in [2.45, 2.75) is 37.2 Å². The van der Waals surface area contributed by atoms with Crippen molar-refractivity contribution in [3.8, 4) is 11.1 Å². The second kappa shape index (κ2) is 9.31. The van der Waals surface area contributed by atoms with Gasteiger partial charge >= 0.3 is 6.09 Å². The summed E-state index contributed by atoms with van der Waals surface area (Å²) in [6, 6.07) is 7.91. The molecule has 2 saturated heterocycles. The number of benzene rings is 1. The summed E-state index contributed by atoms with van der Waals surface area (Å²) in [4.78, 5) is 23.6. The summed E-state index contributed by atoms with van der Waals surface area (Å²) in [7, 11) is -2.81. The van der Waals surface area contributed by atoms with Gasteiger partial charge in [-0.1, -0.05) is 16.4 Å². The predicted molar refractivity (Wildman–Crippen MR) is 135 cm³/mol. The molecule has 14 heteroatoms. The number of ether oxygens (including phenoxy) is 1. The van der Waals surface area contributed by atoms with E-state index in [-0.39, 0.29) is 30.9 Å². The minimum absolute atomic E-state index is 0.132. The molecule has 3 N–H and O–H groups in total. The van der Waals surface area contributed by atoms with E-state index in [1.807, 2.05) is 0 Å². The summed E-state index contributed by atoms with van der Waals surface area (Å²) in [6.07, 6.45) is 3.54. The summed E-state index contributed by atoms with van der Waals surface area (Å²) in [5, 5.41) is 22.5. The highest BCUT2D eigenvalue weighted by molar-refractivity contribution is 8.24. The Bertz CT molecular complexity index is 1390. The van der Waals surface area contributed by atoms with Crippen LogP contribution in [-0.2, 0) is 16.1 Å². The topological polar surface area (TPSA) is 155 Å². The number of halogens is 1. The predicted octanol–water partition coefficient (Wildman–Crippen LogP) is 2.88. The van der Waals surface area contributed by atoms with E-state index in [0.717, 1.165) is 0 Å². The number of rotatable bonds is 6. The molecule has 5 heterocycles. The first-order valence-electron chi connectivity index (χ1n) is 12.0. The van der Waals surface area contributed by atoms with Crippen molar-refractivity contribution >= 4 is 28.1 Å². The summed E-state index contributed by atoms with van der Waals surface area (Å²) < 4.78 is 41.9. The molecule has 0 bridgehead atoms. The molecular formula is C24H25FN6O6S. The van der Waals surface area contributed by atoms with Crippen LogP contribution in [0.25, 0.3) is 11.1 Å². The molecule has 3 aliphatic heterocycles. The SMILES string of the molecule is O=C1O[C@@H](Cn2ccnn2)CN1c1ccc(-c2ccc(C3=NOC(C4(O)CCS(O)(O)C4)C3)nc2)c(F)c1. The van der Waals surface area contributed by atoms with Crippen LogP contribution < -0.4 is 4.90 Å². The molecule has 38 heavy (non-hydrogen) atoms. The molecule has 200 valence electrons. The number of hydrogen-bond acceptors (Lipinski definition) is 10. The Labute approximate surface area is 218 Å². The fourth-order valence-electron chi connectivity index (χ4n) is 4.95. The molecule has 0 radical (unpaired) electrons. The van der Waals surface area contributed by atoms with E-state index in [1.165, 1.54) is 23.4 Å². The van der Waals surface area contributed by atoms with Crippen LogP contribution >= 0.6 is 10.6 Å². The van der Waals surface area contributed by atoms with Gasteiger partial charge in [0, 0.05) is 35.7 Å². The third-order valence-corrected chi connectivity index (χ3v) is 8.80. The highest BCUT2D eigenvalue weighted by atomic mass is 32.3. The van der Waals surface area contributed by atoms with Crippen LogP contribution in [0.3, 0.4) is 0 Å². The van der Waals surface area contributed by atoms with Gasteiger partial charge < -0.3 is 14.7 Å². The van der Waals surface area contributed by atoms with Gasteiger partial charge in [0.05, 0.1) is 36.4 Å². The molecule has 3 aliphatic rings. The standard InChI is InChI=1S/C24H25FN6O6S/c25-19-9-16(31-13-17(36-23(31)32)12-30-7-6-27-29-30)2-3-18(19)15-1-4-20(26-11-15)21-10-22(37-28-21)24(33)5-8-38(34,35)14-24/h1-4,6-7,9,11,17,22,33-35H,5,8,10,12-14H2/t17-,22?,24?/m0/s1.